The van der Waals surface area contributed by atoms with Crippen LogP contribution in [0.4, 0.5) is 0 Å². The molecule has 1 aromatic carbocycles. The van der Waals surface area contributed by atoms with Crippen LogP contribution in [0.15, 0.2) is 29.3 Å². The van der Waals surface area contributed by atoms with E-state index in [1.165, 1.54) is 4.88 Å². The first-order chi connectivity index (χ1) is 12.0. The number of carbonyl (C=O) groups is 1. The number of hydrogen-bond acceptors (Lipinski definition) is 4. The summed E-state index contributed by atoms with van der Waals surface area (Å²) in [6.07, 6.45) is 0. The number of thiazole rings is 1. The van der Waals surface area contributed by atoms with E-state index >= 15 is 0 Å². The lowest BCUT2D eigenvalue weighted by molar-refractivity contribution is 0.0954. The highest BCUT2D eigenvalue weighted by atomic mass is 35.5. The van der Waals surface area contributed by atoms with Gasteiger partial charge in [0, 0.05) is 35.6 Å². The summed E-state index contributed by atoms with van der Waals surface area (Å²) in [5.74, 6) is 0.559. The van der Waals surface area contributed by atoms with E-state index < -0.39 is 0 Å². The minimum atomic E-state index is -0.128. The molecule has 6 nitrogen and oxygen atoms in total. The summed E-state index contributed by atoms with van der Waals surface area (Å²) in [6.45, 7) is 5.73. The summed E-state index contributed by atoms with van der Waals surface area (Å²) in [5.41, 5.74) is 1.63. The number of nitrogens with one attached hydrogen (secondary N) is 3. The van der Waals surface area contributed by atoms with Gasteiger partial charge in [0.05, 0.1) is 17.2 Å². The topological polar surface area (TPSA) is 78.4 Å². The van der Waals surface area contributed by atoms with Crippen molar-refractivity contribution in [2.45, 2.75) is 20.4 Å². The number of halogens is 1. The molecule has 0 bridgehead atoms. The van der Waals surface area contributed by atoms with E-state index in [2.05, 4.69) is 25.9 Å². The number of benzene rings is 1. The van der Waals surface area contributed by atoms with E-state index in [1.54, 1.807) is 42.6 Å². The maximum atomic E-state index is 12.0. The number of nitrogens with zero attached hydrogens (tertiary/aromatic N) is 2. The Balaban J connectivity index is 1.71. The Labute approximate surface area is 156 Å². The van der Waals surface area contributed by atoms with Gasteiger partial charge in [-0.05, 0) is 38.1 Å². The van der Waals surface area contributed by atoms with Crippen molar-refractivity contribution in [3.63, 3.8) is 0 Å². The number of rotatable bonds is 6. The highest BCUT2D eigenvalue weighted by Crippen LogP contribution is 2.16. The average molecular weight is 380 g/mol. The molecule has 1 amide bonds. The molecule has 0 spiro atoms. The lowest BCUT2D eigenvalue weighted by atomic mass is 10.2. The standard InChI is InChI=1S/C17H22ClN5OS/c1-11-15(25-12(2)23-11)10-22-17(19-3)21-9-8-20-16(24)13-4-6-14(18)7-5-13/h4-7H,8-10H2,1-3H3,(H,20,24)(H2,19,21,22). The van der Waals surface area contributed by atoms with Crippen molar-refractivity contribution in [2.24, 2.45) is 4.99 Å². The molecule has 8 heteroatoms. The van der Waals surface area contributed by atoms with Crippen molar-refractivity contribution < 1.29 is 4.79 Å². The Morgan fingerprint density at radius 1 is 1.16 bits per heavy atom. The number of amides is 1. The highest BCUT2D eigenvalue weighted by Gasteiger charge is 2.07. The molecule has 1 aromatic heterocycles. The molecule has 1 heterocycles. The minimum Gasteiger partial charge on any atom is -0.355 e. The third-order valence-electron chi connectivity index (χ3n) is 3.45. The Bertz CT molecular complexity index is 742. The molecule has 2 aromatic rings. The minimum absolute atomic E-state index is 0.128. The van der Waals surface area contributed by atoms with Gasteiger partial charge in [-0.2, -0.15) is 0 Å². The van der Waals surface area contributed by atoms with Gasteiger partial charge in [-0.15, -0.1) is 11.3 Å². The fourth-order valence-electron chi connectivity index (χ4n) is 2.18. The number of carbonyl (C=O) groups excluding carboxylic acids is 1. The second-order valence-corrected chi connectivity index (χ2v) is 7.08. The second kappa shape index (κ2) is 9.39. The maximum absolute atomic E-state index is 12.0. The van der Waals surface area contributed by atoms with Crippen molar-refractivity contribution in [3.05, 3.63) is 50.4 Å². The molecule has 0 saturated carbocycles. The van der Waals surface area contributed by atoms with Gasteiger partial charge in [0.2, 0.25) is 0 Å². The van der Waals surface area contributed by atoms with Gasteiger partial charge < -0.3 is 16.0 Å². The Morgan fingerprint density at radius 2 is 1.84 bits per heavy atom. The molecule has 0 fully saturated rings. The smallest absolute Gasteiger partial charge is 0.251 e. The van der Waals surface area contributed by atoms with Crippen molar-refractivity contribution in [1.29, 1.82) is 0 Å². The van der Waals surface area contributed by atoms with Crippen molar-refractivity contribution in [1.82, 2.24) is 20.9 Å². The maximum Gasteiger partial charge on any atom is 0.251 e. The SMILES string of the molecule is CN=C(NCCNC(=O)c1ccc(Cl)cc1)NCc1sc(C)nc1C. The Kier molecular flexibility index (Phi) is 7.21. The summed E-state index contributed by atoms with van der Waals surface area (Å²) in [5, 5.41) is 10.9. The van der Waals surface area contributed by atoms with Crippen molar-refractivity contribution >= 4 is 34.8 Å². The molecular formula is C17H22ClN5OS. The molecule has 0 unspecified atom stereocenters. The number of aliphatic imine (C=N–C) groups is 1. The molecule has 0 atom stereocenters. The van der Waals surface area contributed by atoms with Gasteiger partial charge >= 0.3 is 0 Å². The van der Waals surface area contributed by atoms with Gasteiger partial charge in [0.1, 0.15) is 0 Å². The zero-order chi connectivity index (χ0) is 18.2. The van der Waals surface area contributed by atoms with Crippen LogP contribution in [0.1, 0.15) is 25.9 Å². The van der Waals surface area contributed by atoms with Crippen LogP contribution in [0, 0.1) is 13.8 Å². The van der Waals surface area contributed by atoms with E-state index in [0.29, 0.717) is 36.2 Å². The zero-order valence-electron chi connectivity index (χ0n) is 14.5. The molecule has 0 aliphatic carbocycles. The lowest BCUT2D eigenvalue weighted by Crippen LogP contribution is -2.41. The zero-order valence-corrected chi connectivity index (χ0v) is 16.1. The van der Waals surface area contributed by atoms with Gasteiger partial charge in [-0.1, -0.05) is 11.6 Å². The average Bonchev–Trinajstić information content (AvgIpc) is 2.92. The predicted octanol–water partition coefficient (Wildman–Crippen LogP) is 2.51. The van der Waals surface area contributed by atoms with E-state index in [1.807, 2.05) is 13.8 Å². The van der Waals surface area contributed by atoms with Gasteiger partial charge in [-0.25, -0.2) is 4.98 Å². The van der Waals surface area contributed by atoms with Crippen LogP contribution >= 0.6 is 22.9 Å². The Morgan fingerprint density at radius 3 is 2.44 bits per heavy atom. The summed E-state index contributed by atoms with van der Waals surface area (Å²) in [7, 11) is 1.71. The first kappa shape index (κ1) is 19.2. The molecule has 3 N–H and O–H groups in total. The molecule has 0 saturated heterocycles. The van der Waals surface area contributed by atoms with E-state index in [4.69, 9.17) is 11.6 Å². The highest BCUT2D eigenvalue weighted by molar-refractivity contribution is 7.11. The number of aryl methyl sites for hydroxylation is 2. The molecule has 0 radical (unpaired) electrons. The first-order valence-electron chi connectivity index (χ1n) is 7.90. The number of hydrogen-bond donors (Lipinski definition) is 3. The van der Waals surface area contributed by atoms with Crippen LogP contribution in [-0.2, 0) is 6.54 Å². The lowest BCUT2D eigenvalue weighted by Gasteiger charge is -2.12. The molecule has 0 aliphatic rings. The summed E-state index contributed by atoms with van der Waals surface area (Å²) in [4.78, 5) is 21.8. The van der Waals surface area contributed by atoms with Crippen molar-refractivity contribution in [3.8, 4) is 0 Å². The number of aromatic nitrogens is 1. The third kappa shape index (κ3) is 6.03. The summed E-state index contributed by atoms with van der Waals surface area (Å²) in [6, 6.07) is 6.79. The van der Waals surface area contributed by atoms with E-state index in [-0.39, 0.29) is 5.91 Å². The first-order valence-corrected chi connectivity index (χ1v) is 9.10. The van der Waals surface area contributed by atoms with E-state index in [0.717, 1.165) is 10.7 Å². The van der Waals surface area contributed by atoms with Crippen LogP contribution in [0.3, 0.4) is 0 Å². The van der Waals surface area contributed by atoms with Crippen LogP contribution in [0.25, 0.3) is 0 Å². The predicted molar refractivity (Wildman–Crippen MR) is 104 cm³/mol. The summed E-state index contributed by atoms with van der Waals surface area (Å²) >= 11 is 7.49. The third-order valence-corrected chi connectivity index (χ3v) is 4.77. The monoisotopic (exact) mass is 379 g/mol. The molecule has 0 aliphatic heterocycles. The molecule has 2 rings (SSSR count). The van der Waals surface area contributed by atoms with Crippen LogP contribution in [0.5, 0.6) is 0 Å². The second-order valence-electron chi connectivity index (χ2n) is 5.36. The quantitative estimate of drug-likeness (QED) is 0.409. The van der Waals surface area contributed by atoms with Gasteiger partial charge in [0.15, 0.2) is 5.96 Å². The van der Waals surface area contributed by atoms with Gasteiger partial charge in [-0.3, -0.25) is 9.79 Å². The van der Waals surface area contributed by atoms with Crippen LogP contribution < -0.4 is 16.0 Å². The fraction of sp³-hybridized carbons (Fsp3) is 0.353. The fourth-order valence-corrected chi connectivity index (χ4v) is 3.19. The largest absolute Gasteiger partial charge is 0.355 e. The summed E-state index contributed by atoms with van der Waals surface area (Å²) < 4.78 is 0. The molecule has 25 heavy (non-hydrogen) atoms. The van der Waals surface area contributed by atoms with Gasteiger partial charge in [0.25, 0.3) is 5.91 Å². The van der Waals surface area contributed by atoms with Crippen molar-refractivity contribution in [2.75, 3.05) is 20.1 Å². The number of guanidine groups is 1. The van der Waals surface area contributed by atoms with Crippen LogP contribution in [-0.4, -0.2) is 37.0 Å². The molecular weight excluding hydrogens is 358 g/mol. The van der Waals surface area contributed by atoms with Crippen LogP contribution in [0.2, 0.25) is 5.02 Å². The van der Waals surface area contributed by atoms with E-state index in [9.17, 15) is 4.79 Å². The normalized spacial score (nSPS) is 11.3. The Hall–Kier alpha value is -2.12. The molecule has 134 valence electrons.